The van der Waals surface area contributed by atoms with Gasteiger partial charge in [0.05, 0.1) is 12.6 Å². The number of carbonyl (C=O) groups is 1. The highest BCUT2D eigenvalue weighted by Crippen LogP contribution is 2.21. The van der Waals surface area contributed by atoms with Gasteiger partial charge in [-0.05, 0) is 52.0 Å². The molecule has 148 valence electrons. The smallest absolute Gasteiger partial charge is 0.410 e. The Hall–Kier alpha value is -2.67. The molecule has 1 aromatic rings. The lowest BCUT2D eigenvalue weighted by atomic mass is 9.98. The van der Waals surface area contributed by atoms with Crippen LogP contribution in [0.15, 0.2) is 26.7 Å². The topological polar surface area (TPSA) is 118 Å². The zero-order valence-electron chi connectivity index (χ0n) is 16.2. The van der Waals surface area contributed by atoms with Gasteiger partial charge in [0, 0.05) is 24.1 Å². The van der Waals surface area contributed by atoms with Crippen LogP contribution in [0.4, 0.5) is 4.79 Å². The second-order valence-corrected chi connectivity index (χ2v) is 7.61. The van der Waals surface area contributed by atoms with Crippen LogP contribution in [0.2, 0.25) is 0 Å². The van der Waals surface area contributed by atoms with E-state index in [9.17, 15) is 9.59 Å². The molecule has 0 radical (unpaired) electrons. The van der Waals surface area contributed by atoms with Crippen molar-refractivity contribution in [2.24, 2.45) is 11.0 Å². The molecule has 9 heteroatoms. The zero-order valence-corrected chi connectivity index (χ0v) is 16.2. The summed E-state index contributed by atoms with van der Waals surface area (Å²) in [5, 5.41) is 3.49. The Balaban J connectivity index is 1.84. The predicted octanol–water partition coefficient (Wildman–Crippen LogP) is 4.04. The van der Waals surface area contributed by atoms with Crippen LogP contribution in [0.3, 0.4) is 0 Å². The summed E-state index contributed by atoms with van der Waals surface area (Å²) in [4.78, 5) is 28.6. The number of carbonyl (C=O) groups excluding carboxylic acids is 1. The number of piperidine rings is 1. The molecule has 1 saturated heterocycles. The third-order valence-electron chi connectivity index (χ3n) is 4.20. The van der Waals surface area contributed by atoms with Gasteiger partial charge in [0.15, 0.2) is 0 Å². The first kappa shape index (κ1) is 20.6. The van der Waals surface area contributed by atoms with E-state index in [1.165, 1.54) is 12.3 Å². The third kappa shape index (κ3) is 6.21. The van der Waals surface area contributed by atoms with Gasteiger partial charge in [0.2, 0.25) is 11.2 Å². The van der Waals surface area contributed by atoms with Gasteiger partial charge in [-0.3, -0.25) is 4.79 Å². The summed E-state index contributed by atoms with van der Waals surface area (Å²) >= 11 is 0. The Morgan fingerprint density at radius 1 is 1.44 bits per heavy atom. The normalized spacial score (nSPS) is 16.4. The van der Waals surface area contributed by atoms with Gasteiger partial charge in [-0.2, -0.15) is 0 Å². The molecule has 0 bridgehead atoms. The Morgan fingerprint density at radius 2 is 2.11 bits per heavy atom. The van der Waals surface area contributed by atoms with Crippen molar-refractivity contribution in [3.05, 3.63) is 38.8 Å². The molecule has 1 fully saturated rings. The quantitative estimate of drug-likeness (QED) is 0.435. The highest BCUT2D eigenvalue weighted by Gasteiger charge is 2.27. The maximum absolute atomic E-state index is 12.1. The summed E-state index contributed by atoms with van der Waals surface area (Å²) in [6.45, 7) is 8.73. The Labute approximate surface area is 157 Å². The number of hydrogen-bond acceptors (Lipinski definition) is 6. The van der Waals surface area contributed by atoms with E-state index in [1.807, 2.05) is 20.8 Å². The third-order valence-corrected chi connectivity index (χ3v) is 4.20. The van der Waals surface area contributed by atoms with Crippen molar-refractivity contribution in [2.45, 2.75) is 52.2 Å². The van der Waals surface area contributed by atoms with Gasteiger partial charge in [0.1, 0.15) is 17.6 Å². The molecule has 1 atom stereocenters. The van der Waals surface area contributed by atoms with Gasteiger partial charge in [0.25, 0.3) is 0 Å². The van der Waals surface area contributed by atoms with E-state index in [0.29, 0.717) is 19.7 Å². The molecule has 1 aliphatic rings. The summed E-state index contributed by atoms with van der Waals surface area (Å²) in [5.41, 5.74) is 7.62. The summed E-state index contributed by atoms with van der Waals surface area (Å²) in [5.74, 6) is 0.655. The van der Waals surface area contributed by atoms with Crippen molar-refractivity contribution in [3.8, 4) is 5.75 Å². The maximum atomic E-state index is 12.1. The minimum Gasteiger partial charge on any atom is -0.486 e. The molecule has 0 aromatic carbocycles. The average Bonchev–Trinajstić information content (AvgIpc) is 2.60. The Kier molecular flexibility index (Phi) is 6.74. The van der Waals surface area contributed by atoms with Crippen LogP contribution >= 0.6 is 0 Å². The molecule has 1 unspecified atom stereocenters. The Morgan fingerprint density at radius 3 is 2.67 bits per heavy atom. The first-order chi connectivity index (χ1) is 12.7. The maximum Gasteiger partial charge on any atom is 0.410 e. The molecule has 0 aliphatic carbocycles. The van der Waals surface area contributed by atoms with E-state index in [4.69, 9.17) is 19.4 Å². The molecule has 1 amide bonds. The van der Waals surface area contributed by atoms with Crippen LogP contribution in [0, 0.1) is 5.92 Å². The number of hydrogen-bond donors (Lipinski definition) is 0. The number of amides is 1. The van der Waals surface area contributed by atoms with Gasteiger partial charge in [-0.25, -0.2) is 4.79 Å². The summed E-state index contributed by atoms with van der Waals surface area (Å²) in [7, 11) is 0. The molecule has 0 spiro atoms. The number of azide groups is 1. The number of likely N-dealkylation sites (tertiary alicyclic amines) is 1. The van der Waals surface area contributed by atoms with Crippen molar-refractivity contribution >= 4 is 6.09 Å². The molecule has 1 aliphatic heterocycles. The molecule has 2 heterocycles. The lowest BCUT2D eigenvalue weighted by molar-refractivity contribution is 0.0164. The molecule has 1 aromatic heterocycles. The van der Waals surface area contributed by atoms with E-state index >= 15 is 0 Å². The SMILES string of the molecule is CC(N=[N+]=[N-])c1cc(=O)c(OCC2CCN(C(=O)OC(C)(C)C)CC2)co1. The summed E-state index contributed by atoms with van der Waals surface area (Å²) in [6, 6.07) is 0.716. The molecule has 0 saturated carbocycles. The van der Waals surface area contributed by atoms with Gasteiger partial charge in [-0.1, -0.05) is 5.11 Å². The lowest BCUT2D eigenvalue weighted by Gasteiger charge is -2.33. The molecular formula is C18H26N4O5. The minimum absolute atomic E-state index is 0.126. The number of nitrogens with zero attached hydrogens (tertiary/aromatic N) is 4. The minimum atomic E-state index is -0.561. The van der Waals surface area contributed by atoms with Crippen LogP contribution in [-0.4, -0.2) is 36.3 Å². The second kappa shape index (κ2) is 8.81. The first-order valence-corrected chi connectivity index (χ1v) is 8.97. The molecular weight excluding hydrogens is 352 g/mol. The highest BCUT2D eigenvalue weighted by atomic mass is 16.6. The van der Waals surface area contributed by atoms with Crippen LogP contribution in [0.1, 0.15) is 52.3 Å². The van der Waals surface area contributed by atoms with Crippen LogP contribution in [-0.2, 0) is 4.74 Å². The lowest BCUT2D eigenvalue weighted by Crippen LogP contribution is -2.42. The number of ether oxygens (including phenoxy) is 2. The fraction of sp³-hybridized carbons (Fsp3) is 0.667. The van der Waals surface area contributed by atoms with Gasteiger partial charge >= 0.3 is 6.09 Å². The zero-order chi connectivity index (χ0) is 20.0. The van der Waals surface area contributed by atoms with Crippen molar-refractivity contribution in [1.29, 1.82) is 0 Å². The summed E-state index contributed by atoms with van der Waals surface area (Å²) in [6.07, 6.45) is 2.50. The predicted molar refractivity (Wildman–Crippen MR) is 98.6 cm³/mol. The van der Waals surface area contributed by atoms with Crippen LogP contribution in [0.25, 0.3) is 10.4 Å². The van der Waals surface area contributed by atoms with E-state index in [0.717, 1.165) is 12.8 Å². The molecule has 27 heavy (non-hydrogen) atoms. The fourth-order valence-electron chi connectivity index (χ4n) is 2.69. The monoisotopic (exact) mass is 378 g/mol. The molecule has 2 rings (SSSR count). The average molecular weight is 378 g/mol. The molecule has 0 N–H and O–H groups in total. The van der Waals surface area contributed by atoms with E-state index in [2.05, 4.69) is 10.0 Å². The highest BCUT2D eigenvalue weighted by molar-refractivity contribution is 5.68. The van der Waals surface area contributed by atoms with E-state index in [-0.39, 0.29) is 28.9 Å². The Bertz CT molecular complexity index is 756. The van der Waals surface area contributed by atoms with E-state index < -0.39 is 11.6 Å². The molecule has 9 nitrogen and oxygen atoms in total. The van der Waals surface area contributed by atoms with Gasteiger partial charge in [-0.15, -0.1) is 0 Å². The summed E-state index contributed by atoms with van der Waals surface area (Å²) < 4.78 is 16.3. The first-order valence-electron chi connectivity index (χ1n) is 8.97. The van der Waals surface area contributed by atoms with Crippen molar-refractivity contribution in [3.63, 3.8) is 0 Å². The fourth-order valence-corrected chi connectivity index (χ4v) is 2.69. The standard InChI is InChI=1S/C18H26N4O5/c1-12(20-21-19)15-9-14(23)16(11-26-15)25-10-13-5-7-22(8-6-13)17(24)27-18(2,3)4/h9,11-13H,5-8,10H2,1-4H3. The number of rotatable bonds is 5. The van der Waals surface area contributed by atoms with Crippen LogP contribution in [0.5, 0.6) is 5.75 Å². The largest absolute Gasteiger partial charge is 0.486 e. The van der Waals surface area contributed by atoms with Crippen molar-refractivity contribution < 1.29 is 18.7 Å². The van der Waals surface area contributed by atoms with Crippen molar-refractivity contribution in [1.82, 2.24) is 4.90 Å². The van der Waals surface area contributed by atoms with Gasteiger partial charge < -0.3 is 18.8 Å². The second-order valence-electron chi connectivity index (χ2n) is 7.61. The van der Waals surface area contributed by atoms with Crippen molar-refractivity contribution in [2.75, 3.05) is 19.7 Å². The van der Waals surface area contributed by atoms with Crippen LogP contribution < -0.4 is 10.2 Å². The van der Waals surface area contributed by atoms with E-state index in [1.54, 1.807) is 11.8 Å².